The van der Waals surface area contributed by atoms with Crippen LogP contribution in [0.5, 0.6) is 0 Å². The van der Waals surface area contributed by atoms with E-state index < -0.39 is 0 Å². The van der Waals surface area contributed by atoms with Crippen LogP contribution in [0.1, 0.15) is 45.4 Å². The third kappa shape index (κ3) is 3.67. The van der Waals surface area contributed by atoms with Crippen LogP contribution >= 0.6 is 15.9 Å². The normalized spacial score (nSPS) is 20.2. The van der Waals surface area contributed by atoms with Crippen LogP contribution in [-0.2, 0) is 9.53 Å². The minimum atomic E-state index is -0.149. The fourth-order valence-corrected chi connectivity index (χ4v) is 2.04. The number of ether oxygens (including phenoxy) is 1. The number of esters is 1. The molecule has 0 saturated heterocycles. The lowest BCUT2D eigenvalue weighted by Crippen LogP contribution is -2.27. The monoisotopic (exact) mass is 248 g/mol. The van der Waals surface area contributed by atoms with Crippen molar-refractivity contribution in [3.8, 4) is 0 Å². The fraction of sp³-hybridized carbons (Fsp3) is 0.900. The van der Waals surface area contributed by atoms with Crippen LogP contribution in [0, 0.1) is 0 Å². The molecule has 1 fully saturated rings. The van der Waals surface area contributed by atoms with Gasteiger partial charge in [-0.15, -0.1) is 0 Å². The third-order valence-electron chi connectivity index (χ3n) is 2.54. The molecule has 13 heavy (non-hydrogen) atoms. The summed E-state index contributed by atoms with van der Waals surface area (Å²) in [5.74, 6) is -0.0381. The Bertz CT molecular complexity index is 174. The van der Waals surface area contributed by atoms with Crippen LogP contribution in [-0.4, -0.2) is 16.9 Å². The molecule has 0 spiro atoms. The summed E-state index contributed by atoms with van der Waals surface area (Å²) in [6.45, 7) is 2.05. The molecule has 0 bridgehead atoms. The second kappa shape index (κ2) is 4.99. The van der Waals surface area contributed by atoms with Crippen molar-refractivity contribution < 1.29 is 9.53 Å². The fourth-order valence-electron chi connectivity index (χ4n) is 1.76. The molecular formula is C10H17BrO2. The van der Waals surface area contributed by atoms with Crippen LogP contribution in [0.3, 0.4) is 0 Å². The molecule has 0 aromatic heterocycles. The van der Waals surface area contributed by atoms with Crippen LogP contribution in [0.15, 0.2) is 0 Å². The Kier molecular flexibility index (Phi) is 4.23. The Balaban J connectivity index is 2.26. The van der Waals surface area contributed by atoms with Gasteiger partial charge in [-0.2, -0.15) is 0 Å². The first-order chi connectivity index (χ1) is 6.16. The Morgan fingerprint density at radius 1 is 1.46 bits per heavy atom. The highest BCUT2D eigenvalue weighted by Gasteiger charge is 2.32. The minimum Gasteiger partial charge on any atom is -0.459 e. The molecule has 0 aliphatic heterocycles. The molecule has 0 heterocycles. The number of carbonyl (C=O) groups excluding carboxylic acids is 1. The van der Waals surface area contributed by atoms with Gasteiger partial charge in [0.05, 0.1) is 0 Å². The van der Waals surface area contributed by atoms with Gasteiger partial charge in [0.2, 0.25) is 0 Å². The number of halogens is 1. The SMILES string of the molecule is CC1(OC(=O)CCCBr)CCCC1. The highest BCUT2D eigenvalue weighted by molar-refractivity contribution is 9.09. The van der Waals surface area contributed by atoms with Gasteiger partial charge in [-0.3, -0.25) is 4.79 Å². The lowest BCUT2D eigenvalue weighted by Gasteiger charge is -2.23. The molecule has 0 radical (unpaired) electrons. The third-order valence-corrected chi connectivity index (χ3v) is 3.10. The number of hydrogen-bond acceptors (Lipinski definition) is 2. The predicted octanol–water partition coefficient (Wildman–Crippen LogP) is 3.04. The molecule has 0 unspecified atom stereocenters. The second-order valence-electron chi connectivity index (χ2n) is 3.92. The van der Waals surface area contributed by atoms with Gasteiger partial charge in [0.25, 0.3) is 0 Å². The Morgan fingerprint density at radius 3 is 2.62 bits per heavy atom. The quantitative estimate of drug-likeness (QED) is 0.565. The van der Waals surface area contributed by atoms with Gasteiger partial charge >= 0.3 is 5.97 Å². The summed E-state index contributed by atoms with van der Waals surface area (Å²) in [6, 6.07) is 0. The van der Waals surface area contributed by atoms with E-state index in [0.717, 1.165) is 24.6 Å². The van der Waals surface area contributed by atoms with Crippen LogP contribution in [0.25, 0.3) is 0 Å². The largest absolute Gasteiger partial charge is 0.459 e. The van der Waals surface area contributed by atoms with E-state index in [2.05, 4.69) is 15.9 Å². The molecule has 76 valence electrons. The summed E-state index contributed by atoms with van der Waals surface area (Å²) in [4.78, 5) is 11.3. The van der Waals surface area contributed by atoms with E-state index in [1.54, 1.807) is 0 Å². The zero-order valence-electron chi connectivity index (χ0n) is 8.14. The summed E-state index contributed by atoms with van der Waals surface area (Å²) in [6.07, 6.45) is 5.88. The standard InChI is InChI=1S/C10H17BrO2/c1-10(6-2-3-7-10)13-9(12)5-4-8-11/h2-8H2,1H3. The highest BCUT2D eigenvalue weighted by Crippen LogP contribution is 2.32. The van der Waals surface area contributed by atoms with Gasteiger partial charge in [-0.1, -0.05) is 15.9 Å². The highest BCUT2D eigenvalue weighted by atomic mass is 79.9. The van der Waals surface area contributed by atoms with Gasteiger partial charge in [-0.05, 0) is 39.0 Å². The second-order valence-corrected chi connectivity index (χ2v) is 4.72. The minimum absolute atomic E-state index is 0.0381. The molecule has 0 aromatic carbocycles. The molecule has 3 heteroatoms. The van der Waals surface area contributed by atoms with Gasteiger partial charge in [0, 0.05) is 11.8 Å². The Labute approximate surface area is 88.2 Å². The first-order valence-electron chi connectivity index (χ1n) is 4.94. The van der Waals surface area contributed by atoms with E-state index >= 15 is 0 Å². The van der Waals surface area contributed by atoms with Crippen molar-refractivity contribution in [1.29, 1.82) is 0 Å². The molecule has 0 amide bonds. The van der Waals surface area contributed by atoms with Crippen molar-refractivity contribution in [2.45, 2.75) is 51.0 Å². The van der Waals surface area contributed by atoms with Gasteiger partial charge in [0.15, 0.2) is 0 Å². The van der Waals surface area contributed by atoms with Crippen LogP contribution < -0.4 is 0 Å². The van der Waals surface area contributed by atoms with E-state index in [4.69, 9.17) is 4.74 Å². The smallest absolute Gasteiger partial charge is 0.306 e. The maximum absolute atomic E-state index is 11.3. The van der Waals surface area contributed by atoms with E-state index in [1.165, 1.54) is 12.8 Å². The first-order valence-corrected chi connectivity index (χ1v) is 6.06. The Hall–Kier alpha value is -0.0500. The number of alkyl halides is 1. The lowest BCUT2D eigenvalue weighted by molar-refractivity contribution is -0.157. The van der Waals surface area contributed by atoms with Crippen molar-refractivity contribution in [3.63, 3.8) is 0 Å². The average molecular weight is 249 g/mol. The van der Waals surface area contributed by atoms with E-state index in [9.17, 15) is 4.79 Å². The zero-order chi connectivity index (χ0) is 9.73. The number of rotatable bonds is 4. The first kappa shape index (κ1) is 11.0. The van der Waals surface area contributed by atoms with Crippen molar-refractivity contribution in [2.75, 3.05) is 5.33 Å². The molecule has 1 aliphatic carbocycles. The number of carbonyl (C=O) groups is 1. The number of hydrogen-bond donors (Lipinski definition) is 0. The lowest BCUT2D eigenvalue weighted by atomic mass is 10.1. The molecule has 1 rings (SSSR count). The van der Waals surface area contributed by atoms with Gasteiger partial charge in [-0.25, -0.2) is 0 Å². The van der Waals surface area contributed by atoms with Crippen molar-refractivity contribution in [3.05, 3.63) is 0 Å². The van der Waals surface area contributed by atoms with Gasteiger partial charge < -0.3 is 4.74 Å². The Morgan fingerprint density at radius 2 is 2.08 bits per heavy atom. The predicted molar refractivity (Wildman–Crippen MR) is 56.0 cm³/mol. The molecule has 0 N–H and O–H groups in total. The van der Waals surface area contributed by atoms with Crippen LogP contribution in [0.4, 0.5) is 0 Å². The molecular weight excluding hydrogens is 232 g/mol. The van der Waals surface area contributed by atoms with Gasteiger partial charge in [0.1, 0.15) is 5.60 Å². The maximum atomic E-state index is 11.3. The maximum Gasteiger partial charge on any atom is 0.306 e. The van der Waals surface area contributed by atoms with Crippen molar-refractivity contribution in [2.24, 2.45) is 0 Å². The van der Waals surface area contributed by atoms with E-state index in [0.29, 0.717) is 6.42 Å². The summed E-state index contributed by atoms with van der Waals surface area (Å²) < 4.78 is 5.44. The van der Waals surface area contributed by atoms with Crippen molar-refractivity contribution in [1.82, 2.24) is 0 Å². The van der Waals surface area contributed by atoms with E-state index in [1.807, 2.05) is 6.92 Å². The van der Waals surface area contributed by atoms with Crippen molar-refractivity contribution >= 4 is 21.9 Å². The molecule has 1 saturated carbocycles. The summed E-state index contributed by atoms with van der Waals surface area (Å²) in [5, 5.41) is 0.874. The zero-order valence-corrected chi connectivity index (χ0v) is 9.73. The van der Waals surface area contributed by atoms with Crippen LogP contribution in [0.2, 0.25) is 0 Å². The summed E-state index contributed by atoms with van der Waals surface area (Å²) >= 11 is 3.30. The topological polar surface area (TPSA) is 26.3 Å². The molecule has 2 nitrogen and oxygen atoms in total. The summed E-state index contributed by atoms with van der Waals surface area (Å²) in [7, 11) is 0. The average Bonchev–Trinajstić information content (AvgIpc) is 2.48. The molecule has 1 aliphatic rings. The van der Waals surface area contributed by atoms with E-state index in [-0.39, 0.29) is 11.6 Å². The molecule has 0 atom stereocenters. The molecule has 0 aromatic rings. The summed E-state index contributed by atoms with van der Waals surface area (Å²) in [5.41, 5.74) is -0.149.